The smallest absolute Gasteiger partial charge is 0.150 e. The number of aldehydes is 1. The van der Waals surface area contributed by atoms with E-state index in [0.717, 1.165) is 0 Å². The molecule has 2 aromatic rings. The van der Waals surface area contributed by atoms with Gasteiger partial charge in [0, 0.05) is 11.6 Å². The van der Waals surface area contributed by atoms with Crippen molar-refractivity contribution >= 4 is 17.9 Å². The Kier molecular flexibility index (Phi) is 4.00. The minimum absolute atomic E-state index is 0.245. The van der Waals surface area contributed by atoms with Crippen molar-refractivity contribution in [3.05, 3.63) is 58.1 Å². The standard InChI is InChI=1S/C15H7ClN2O2/c16-14-6-13(3-2-11(14)7-17)20-15-4-1-10(9-19)5-12(15)8-18/h1-6,9H. The van der Waals surface area contributed by atoms with Crippen LogP contribution in [0.1, 0.15) is 21.5 Å². The van der Waals surface area contributed by atoms with E-state index >= 15 is 0 Å². The van der Waals surface area contributed by atoms with E-state index in [-0.39, 0.29) is 10.6 Å². The number of rotatable bonds is 3. The van der Waals surface area contributed by atoms with E-state index in [1.165, 1.54) is 24.3 Å². The molecule has 0 spiro atoms. The Morgan fingerprint density at radius 1 is 1.05 bits per heavy atom. The monoisotopic (exact) mass is 282 g/mol. The fourth-order valence-corrected chi connectivity index (χ4v) is 1.79. The molecule has 2 rings (SSSR count). The van der Waals surface area contributed by atoms with Crippen molar-refractivity contribution in [2.45, 2.75) is 0 Å². The van der Waals surface area contributed by atoms with Gasteiger partial charge in [0.05, 0.1) is 16.1 Å². The van der Waals surface area contributed by atoms with E-state index in [9.17, 15) is 4.79 Å². The van der Waals surface area contributed by atoms with E-state index in [2.05, 4.69) is 0 Å². The second-order valence-electron chi connectivity index (χ2n) is 3.84. The molecule has 5 heteroatoms. The lowest BCUT2D eigenvalue weighted by molar-refractivity contribution is 0.112. The van der Waals surface area contributed by atoms with Crippen molar-refractivity contribution in [3.63, 3.8) is 0 Å². The predicted molar refractivity (Wildman–Crippen MR) is 72.8 cm³/mol. The number of nitriles is 2. The molecule has 4 nitrogen and oxygen atoms in total. The van der Waals surface area contributed by atoms with Crippen molar-refractivity contribution < 1.29 is 9.53 Å². The van der Waals surface area contributed by atoms with Crippen LogP contribution in [-0.2, 0) is 0 Å². The minimum Gasteiger partial charge on any atom is -0.456 e. The summed E-state index contributed by atoms with van der Waals surface area (Å²) in [4.78, 5) is 10.7. The molecule has 0 unspecified atom stereocenters. The average molecular weight is 283 g/mol. The lowest BCUT2D eigenvalue weighted by atomic mass is 10.1. The summed E-state index contributed by atoms with van der Waals surface area (Å²) in [6, 6.07) is 13.0. The molecule has 0 aliphatic carbocycles. The van der Waals surface area contributed by atoms with Crippen molar-refractivity contribution in [2.24, 2.45) is 0 Å². The van der Waals surface area contributed by atoms with Gasteiger partial charge in [-0.3, -0.25) is 4.79 Å². The minimum atomic E-state index is 0.245. The molecular weight excluding hydrogens is 276 g/mol. The van der Waals surface area contributed by atoms with E-state index < -0.39 is 0 Å². The summed E-state index contributed by atoms with van der Waals surface area (Å²) in [6.07, 6.45) is 0.656. The fourth-order valence-electron chi connectivity index (χ4n) is 1.57. The molecule has 0 aliphatic rings. The molecule has 0 saturated carbocycles. The summed E-state index contributed by atoms with van der Waals surface area (Å²) in [6.45, 7) is 0. The first kappa shape index (κ1) is 13.6. The maximum absolute atomic E-state index is 10.7. The Morgan fingerprint density at radius 3 is 2.40 bits per heavy atom. The second kappa shape index (κ2) is 5.88. The maximum Gasteiger partial charge on any atom is 0.150 e. The summed E-state index contributed by atoms with van der Waals surface area (Å²) in [5, 5.41) is 18.1. The zero-order valence-corrected chi connectivity index (χ0v) is 10.9. The van der Waals surface area contributed by atoms with Gasteiger partial charge in [-0.1, -0.05) is 11.6 Å². The molecule has 0 aromatic heterocycles. The molecule has 0 N–H and O–H groups in total. The van der Waals surface area contributed by atoms with Crippen LogP contribution in [0.2, 0.25) is 5.02 Å². The Morgan fingerprint density at radius 2 is 1.80 bits per heavy atom. The molecule has 96 valence electrons. The predicted octanol–water partition coefficient (Wildman–Crippen LogP) is 3.69. The maximum atomic E-state index is 10.7. The number of hydrogen-bond acceptors (Lipinski definition) is 4. The normalized spacial score (nSPS) is 9.35. The van der Waals surface area contributed by atoms with Crippen LogP contribution < -0.4 is 4.74 Å². The van der Waals surface area contributed by atoms with Crippen LogP contribution in [0.25, 0.3) is 0 Å². The van der Waals surface area contributed by atoms with Gasteiger partial charge in [-0.15, -0.1) is 0 Å². The van der Waals surface area contributed by atoms with E-state index in [4.69, 9.17) is 26.9 Å². The number of benzene rings is 2. The van der Waals surface area contributed by atoms with E-state index in [0.29, 0.717) is 28.9 Å². The Balaban J connectivity index is 2.35. The largest absolute Gasteiger partial charge is 0.456 e. The number of carbonyl (C=O) groups is 1. The quantitative estimate of drug-likeness (QED) is 0.805. The van der Waals surface area contributed by atoms with Gasteiger partial charge in [-0.25, -0.2) is 0 Å². The molecule has 0 bridgehead atoms. The van der Waals surface area contributed by atoms with Crippen LogP contribution >= 0.6 is 11.6 Å². The van der Waals surface area contributed by atoms with Gasteiger partial charge in [0.2, 0.25) is 0 Å². The highest BCUT2D eigenvalue weighted by Crippen LogP contribution is 2.28. The molecular formula is C15H7ClN2O2. The second-order valence-corrected chi connectivity index (χ2v) is 4.25. The highest BCUT2D eigenvalue weighted by Gasteiger charge is 2.08. The highest BCUT2D eigenvalue weighted by molar-refractivity contribution is 6.31. The summed E-state index contributed by atoms with van der Waals surface area (Å²) in [7, 11) is 0. The molecule has 20 heavy (non-hydrogen) atoms. The molecule has 0 radical (unpaired) electrons. The van der Waals surface area contributed by atoms with E-state index in [1.807, 2.05) is 12.1 Å². The van der Waals surface area contributed by atoms with Gasteiger partial charge in [0.1, 0.15) is 29.9 Å². The van der Waals surface area contributed by atoms with Gasteiger partial charge < -0.3 is 4.74 Å². The van der Waals surface area contributed by atoms with Crippen LogP contribution in [0.5, 0.6) is 11.5 Å². The molecule has 0 heterocycles. The average Bonchev–Trinajstić information content (AvgIpc) is 2.48. The number of ether oxygens (including phenoxy) is 1. The van der Waals surface area contributed by atoms with Crippen LogP contribution in [-0.4, -0.2) is 6.29 Å². The summed E-state index contributed by atoms with van der Waals surface area (Å²) in [5.74, 6) is 0.725. The van der Waals surface area contributed by atoms with Crippen molar-refractivity contribution in [3.8, 4) is 23.6 Å². The van der Waals surface area contributed by atoms with E-state index in [1.54, 1.807) is 12.1 Å². The van der Waals surface area contributed by atoms with Gasteiger partial charge in [0.15, 0.2) is 0 Å². The van der Waals surface area contributed by atoms with Crippen molar-refractivity contribution in [1.82, 2.24) is 0 Å². The van der Waals surface area contributed by atoms with Crippen LogP contribution in [0.4, 0.5) is 0 Å². The van der Waals surface area contributed by atoms with Crippen LogP contribution in [0.3, 0.4) is 0 Å². The molecule has 0 amide bonds. The Hall–Kier alpha value is -2.82. The van der Waals surface area contributed by atoms with Crippen molar-refractivity contribution in [1.29, 1.82) is 10.5 Å². The molecule has 2 aromatic carbocycles. The first-order valence-electron chi connectivity index (χ1n) is 5.54. The lowest BCUT2D eigenvalue weighted by Gasteiger charge is -2.08. The third-order valence-corrected chi connectivity index (χ3v) is 2.86. The van der Waals surface area contributed by atoms with Crippen molar-refractivity contribution in [2.75, 3.05) is 0 Å². The molecule has 0 aliphatic heterocycles. The number of carbonyl (C=O) groups excluding carboxylic acids is 1. The summed E-state index contributed by atoms with van der Waals surface area (Å²) < 4.78 is 5.55. The Labute approximate surface area is 120 Å². The van der Waals surface area contributed by atoms with Gasteiger partial charge in [-0.05, 0) is 30.3 Å². The van der Waals surface area contributed by atoms with Crippen LogP contribution in [0.15, 0.2) is 36.4 Å². The van der Waals surface area contributed by atoms with Gasteiger partial charge >= 0.3 is 0 Å². The molecule has 0 saturated heterocycles. The third kappa shape index (κ3) is 2.77. The van der Waals surface area contributed by atoms with Crippen LogP contribution in [0, 0.1) is 22.7 Å². The SMILES string of the molecule is N#Cc1ccc(Oc2ccc(C=O)cc2C#N)cc1Cl. The first-order chi connectivity index (χ1) is 9.67. The summed E-state index contributed by atoms with van der Waals surface area (Å²) >= 11 is 5.90. The lowest BCUT2D eigenvalue weighted by Crippen LogP contribution is -1.91. The zero-order chi connectivity index (χ0) is 14.5. The molecule has 0 atom stereocenters. The molecule has 0 fully saturated rings. The zero-order valence-electron chi connectivity index (χ0n) is 10.1. The van der Waals surface area contributed by atoms with Gasteiger partial charge in [-0.2, -0.15) is 10.5 Å². The fraction of sp³-hybridized carbons (Fsp3) is 0. The topological polar surface area (TPSA) is 73.9 Å². The van der Waals surface area contributed by atoms with Gasteiger partial charge in [0.25, 0.3) is 0 Å². The highest BCUT2D eigenvalue weighted by atomic mass is 35.5. The third-order valence-electron chi connectivity index (χ3n) is 2.55. The Bertz CT molecular complexity index is 757. The number of hydrogen-bond donors (Lipinski definition) is 0. The summed E-state index contributed by atoms with van der Waals surface area (Å²) in [5.41, 5.74) is 0.984. The number of nitrogens with zero attached hydrogens (tertiary/aromatic N) is 2. The first-order valence-corrected chi connectivity index (χ1v) is 5.92. The number of halogens is 1.